The lowest BCUT2D eigenvalue weighted by Gasteiger charge is -2.55. The Kier molecular flexibility index (Phi) is 3.70. The van der Waals surface area contributed by atoms with Crippen LogP contribution in [0.4, 0.5) is 0 Å². The third-order valence-corrected chi connectivity index (χ3v) is 7.32. The molecule has 0 spiro atoms. The lowest BCUT2D eigenvalue weighted by atomic mass is 9.52. The molecule has 0 aromatic heterocycles. The zero-order valence-corrected chi connectivity index (χ0v) is 14.8. The summed E-state index contributed by atoms with van der Waals surface area (Å²) in [5.41, 5.74) is 0.504. The van der Waals surface area contributed by atoms with Crippen LogP contribution in [0.3, 0.4) is 0 Å². The average molecular weight is 342 g/mol. The lowest BCUT2D eigenvalue weighted by molar-refractivity contribution is -0.125. The first kappa shape index (κ1) is 16.9. The first-order valence-corrected chi connectivity index (χ1v) is 9.07. The summed E-state index contributed by atoms with van der Waals surface area (Å²) in [4.78, 5) is 0. The maximum absolute atomic E-state index is 11.1. The van der Waals surface area contributed by atoms with Gasteiger partial charge in [-0.3, -0.25) is 0 Å². The molecule has 2 saturated carbocycles. The number of hydrogen-bond donors (Lipinski definition) is 3. The molecule has 0 aliphatic heterocycles. The van der Waals surface area contributed by atoms with Crippen molar-refractivity contribution in [3.8, 4) is 18.1 Å². The summed E-state index contributed by atoms with van der Waals surface area (Å²) < 4.78 is 5.87. The molecule has 0 heterocycles. The highest BCUT2D eigenvalue weighted by molar-refractivity contribution is 5.42. The minimum Gasteiger partial charge on any atom is -0.508 e. The highest BCUT2D eigenvalue weighted by Gasteiger charge is 2.66. The van der Waals surface area contributed by atoms with Gasteiger partial charge in [-0.1, -0.05) is 18.9 Å². The Bertz CT molecular complexity index is 738. The normalized spacial score (nSPS) is 45.2. The van der Waals surface area contributed by atoms with Gasteiger partial charge in [-0.05, 0) is 54.4 Å². The molecule has 7 unspecified atom stereocenters. The van der Waals surface area contributed by atoms with Gasteiger partial charge in [-0.2, -0.15) is 0 Å². The number of hydrogen-bond acceptors (Lipinski definition) is 4. The largest absolute Gasteiger partial charge is 0.508 e. The zero-order valence-electron chi connectivity index (χ0n) is 14.8. The highest BCUT2D eigenvalue weighted by atomic mass is 16.5. The monoisotopic (exact) mass is 342 g/mol. The van der Waals surface area contributed by atoms with Crippen LogP contribution in [0.15, 0.2) is 18.2 Å². The molecule has 0 amide bonds. The van der Waals surface area contributed by atoms with Crippen LogP contribution < -0.4 is 0 Å². The van der Waals surface area contributed by atoms with E-state index in [4.69, 9.17) is 11.2 Å². The summed E-state index contributed by atoms with van der Waals surface area (Å²) >= 11 is 0. The SMILES string of the molecule is C#CC1(O)CC(O)C2C3CCc4cc(O)ccc4C3C(OC)CC21C. The molecule has 7 atom stereocenters. The first-order chi connectivity index (χ1) is 11.8. The Hall–Kier alpha value is -1.54. The van der Waals surface area contributed by atoms with Gasteiger partial charge in [0.15, 0.2) is 0 Å². The fourth-order valence-electron chi connectivity index (χ4n) is 6.17. The molecular formula is C21H26O4. The summed E-state index contributed by atoms with van der Waals surface area (Å²) in [6, 6.07) is 5.56. The van der Waals surface area contributed by atoms with Crippen molar-refractivity contribution in [2.75, 3.05) is 7.11 Å². The van der Waals surface area contributed by atoms with Crippen molar-refractivity contribution in [3.05, 3.63) is 29.3 Å². The Balaban J connectivity index is 1.83. The summed E-state index contributed by atoms with van der Waals surface area (Å²) in [6.45, 7) is 2.02. The molecule has 0 saturated heterocycles. The van der Waals surface area contributed by atoms with Crippen molar-refractivity contribution >= 4 is 0 Å². The molecule has 4 nitrogen and oxygen atoms in total. The van der Waals surface area contributed by atoms with E-state index in [2.05, 4.69) is 5.92 Å². The number of aliphatic hydroxyl groups excluding tert-OH is 1. The molecule has 4 rings (SSSR count). The van der Waals surface area contributed by atoms with Gasteiger partial charge in [0.05, 0.1) is 12.2 Å². The molecule has 4 heteroatoms. The van der Waals surface area contributed by atoms with Crippen LogP contribution >= 0.6 is 0 Å². The van der Waals surface area contributed by atoms with Crippen molar-refractivity contribution in [2.45, 2.75) is 56.3 Å². The number of phenolic OH excluding ortho intramolecular Hbond substituents is 1. The second-order valence-electron chi connectivity index (χ2n) is 8.31. The van der Waals surface area contributed by atoms with Crippen LogP contribution in [0.1, 0.15) is 43.2 Å². The molecular weight excluding hydrogens is 316 g/mol. The molecule has 3 aliphatic carbocycles. The smallest absolute Gasteiger partial charge is 0.133 e. The molecule has 2 fully saturated rings. The Morgan fingerprint density at radius 1 is 1.32 bits per heavy atom. The maximum atomic E-state index is 11.1. The predicted molar refractivity (Wildman–Crippen MR) is 94.1 cm³/mol. The van der Waals surface area contributed by atoms with E-state index in [1.807, 2.05) is 19.1 Å². The van der Waals surface area contributed by atoms with Gasteiger partial charge in [-0.25, -0.2) is 0 Å². The molecule has 1 aromatic rings. The van der Waals surface area contributed by atoms with E-state index in [9.17, 15) is 15.3 Å². The number of aliphatic hydroxyl groups is 2. The standard InChI is InChI=1S/C21H26O4/c1-4-21(24)10-16(23)19-15-7-5-12-9-13(22)6-8-14(12)18(15)17(25-3)11-20(19,21)2/h1,6,8-9,15-19,22-24H,5,7,10-11H2,2-3H3. The van der Waals surface area contributed by atoms with Crippen LogP contribution in [0.2, 0.25) is 0 Å². The number of aryl methyl sites for hydroxylation is 1. The van der Waals surface area contributed by atoms with E-state index in [1.54, 1.807) is 13.2 Å². The highest BCUT2D eigenvalue weighted by Crippen LogP contribution is 2.64. The Morgan fingerprint density at radius 2 is 2.08 bits per heavy atom. The first-order valence-electron chi connectivity index (χ1n) is 9.07. The molecule has 0 bridgehead atoms. The number of aromatic hydroxyl groups is 1. The molecule has 3 N–H and O–H groups in total. The third kappa shape index (κ3) is 2.13. The number of phenols is 1. The predicted octanol–water partition coefficient (Wildman–Crippen LogP) is 2.21. The van der Waals surface area contributed by atoms with Crippen LogP contribution in [0.5, 0.6) is 5.75 Å². The number of methoxy groups -OCH3 is 1. The second-order valence-corrected chi connectivity index (χ2v) is 8.31. The van der Waals surface area contributed by atoms with Crippen molar-refractivity contribution < 1.29 is 20.1 Å². The van der Waals surface area contributed by atoms with Crippen LogP contribution in [0.25, 0.3) is 0 Å². The van der Waals surface area contributed by atoms with E-state index in [1.165, 1.54) is 5.56 Å². The number of fused-ring (bicyclic) bond motifs is 5. The molecule has 3 aliphatic rings. The fourth-order valence-corrected chi connectivity index (χ4v) is 6.17. The molecule has 134 valence electrons. The summed E-state index contributed by atoms with van der Waals surface area (Å²) in [5.74, 6) is 3.18. The van der Waals surface area contributed by atoms with Crippen LogP contribution in [-0.2, 0) is 11.2 Å². The van der Waals surface area contributed by atoms with E-state index in [0.29, 0.717) is 6.42 Å². The summed E-state index contributed by atoms with van der Waals surface area (Å²) in [5, 5.41) is 31.7. The Morgan fingerprint density at radius 3 is 2.76 bits per heavy atom. The maximum Gasteiger partial charge on any atom is 0.133 e. The summed E-state index contributed by atoms with van der Waals surface area (Å²) in [6.07, 6.45) is 7.63. The van der Waals surface area contributed by atoms with Crippen molar-refractivity contribution in [2.24, 2.45) is 17.3 Å². The minimum atomic E-state index is -1.30. The van der Waals surface area contributed by atoms with E-state index < -0.39 is 17.1 Å². The van der Waals surface area contributed by atoms with Crippen molar-refractivity contribution in [3.63, 3.8) is 0 Å². The van der Waals surface area contributed by atoms with Gasteiger partial charge in [0.25, 0.3) is 0 Å². The summed E-state index contributed by atoms with van der Waals surface area (Å²) in [7, 11) is 1.71. The average Bonchev–Trinajstić information content (AvgIpc) is 2.79. The van der Waals surface area contributed by atoms with Gasteiger partial charge in [0.1, 0.15) is 11.4 Å². The molecule has 25 heavy (non-hydrogen) atoms. The van der Waals surface area contributed by atoms with E-state index in [0.717, 1.165) is 18.4 Å². The zero-order chi connectivity index (χ0) is 18.0. The van der Waals surface area contributed by atoms with Gasteiger partial charge >= 0.3 is 0 Å². The quantitative estimate of drug-likeness (QED) is 0.685. The van der Waals surface area contributed by atoms with E-state index >= 15 is 0 Å². The minimum absolute atomic E-state index is 0.0492. The van der Waals surface area contributed by atoms with E-state index in [-0.39, 0.29) is 36.0 Å². The molecule has 1 aromatic carbocycles. The van der Waals surface area contributed by atoms with Gasteiger partial charge in [0, 0.05) is 24.9 Å². The van der Waals surface area contributed by atoms with Gasteiger partial charge < -0.3 is 20.1 Å². The van der Waals surface area contributed by atoms with Crippen LogP contribution in [0, 0.1) is 29.6 Å². The number of ether oxygens (including phenoxy) is 1. The number of terminal acetylenes is 1. The molecule has 0 radical (unpaired) electrons. The number of benzene rings is 1. The second kappa shape index (κ2) is 5.48. The van der Waals surface area contributed by atoms with Crippen LogP contribution in [-0.4, -0.2) is 40.2 Å². The number of rotatable bonds is 1. The lowest BCUT2D eigenvalue weighted by Crippen LogP contribution is -2.55. The van der Waals surface area contributed by atoms with Gasteiger partial charge in [0.2, 0.25) is 0 Å². The topological polar surface area (TPSA) is 69.9 Å². The fraction of sp³-hybridized carbons (Fsp3) is 0.619. The Labute approximate surface area is 148 Å². The van der Waals surface area contributed by atoms with Gasteiger partial charge in [-0.15, -0.1) is 6.42 Å². The van der Waals surface area contributed by atoms with Crippen molar-refractivity contribution in [1.29, 1.82) is 0 Å². The third-order valence-electron chi connectivity index (χ3n) is 7.32. The van der Waals surface area contributed by atoms with Crippen molar-refractivity contribution in [1.82, 2.24) is 0 Å².